The second kappa shape index (κ2) is 5.65. The van der Waals surface area contributed by atoms with Gasteiger partial charge in [-0.3, -0.25) is 0 Å². The van der Waals surface area contributed by atoms with E-state index in [1.165, 1.54) is 0 Å². The van der Waals surface area contributed by atoms with E-state index in [0.717, 1.165) is 5.52 Å². The van der Waals surface area contributed by atoms with Crippen LogP contribution in [0.2, 0.25) is 0 Å². The van der Waals surface area contributed by atoms with E-state index in [0.29, 0.717) is 35.2 Å². The van der Waals surface area contributed by atoms with Crippen LogP contribution in [0, 0.1) is 0 Å². The van der Waals surface area contributed by atoms with Crippen LogP contribution in [0.4, 0.5) is 5.82 Å². The van der Waals surface area contributed by atoms with Gasteiger partial charge >= 0.3 is 0 Å². The summed E-state index contributed by atoms with van der Waals surface area (Å²) in [7, 11) is 0. The molecule has 4 rings (SSSR count). The molecule has 8 heteroatoms. The van der Waals surface area contributed by atoms with Crippen molar-refractivity contribution in [2.75, 3.05) is 5.73 Å². The van der Waals surface area contributed by atoms with Gasteiger partial charge in [-0.1, -0.05) is 18.2 Å². The molecule has 0 bridgehead atoms. The van der Waals surface area contributed by atoms with Crippen molar-refractivity contribution in [3.8, 4) is 23.1 Å². The van der Waals surface area contributed by atoms with E-state index in [4.69, 9.17) is 15.1 Å². The summed E-state index contributed by atoms with van der Waals surface area (Å²) in [5.74, 6) is 1.87. The number of pyridine rings is 1. The number of para-hydroxylation sites is 1. The minimum Gasteiger partial charge on any atom is -0.437 e. The first-order chi connectivity index (χ1) is 11.8. The summed E-state index contributed by atoms with van der Waals surface area (Å²) < 4.78 is 12.5. The zero-order valence-electron chi connectivity index (χ0n) is 12.9. The molecule has 0 saturated heterocycles. The van der Waals surface area contributed by atoms with Gasteiger partial charge in [-0.25, -0.2) is 14.6 Å². The zero-order chi connectivity index (χ0) is 16.5. The van der Waals surface area contributed by atoms with E-state index in [-0.39, 0.29) is 5.82 Å². The van der Waals surface area contributed by atoms with Gasteiger partial charge in [0.2, 0.25) is 5.88 Å². The molecule has 3 heterocycles. The van der Waals surface area contributed by atoms with Crippen LogP contribution < -0.4 is 10.5 Å². The largest absolute Gasteiger partial charge is 0.437 e. The van der Waals surface area contributed by atoms with Crippen LogP contribution in [-0.4, -0.2) is 24.8 Å². The molecular formula is C16H14N6O2. The van der Waals surface area contributed by atoms with Crippen LogP contribution in [-0.2, 0) is 6.54 Å². The number of anilines is 1. The van der Waals surface area contributed by atoms with Crippen molar-refractivity contribution in [2.24, 2.45) is 0 Å². The Kier molecular flexibility index (Phi) is 3.34. The molecule has 8 nitrogen and oxygen atoms in total. The van der Waals surface area contributed by atoms with Crippen LogP contribution in [0.5, 0.6) is 11.6 Å². The van der Waals surface area contributed by atoms with Gasteiger partial charge in [0.1, 0.15) is 5.75 Å². The van der Waals surface area contributed by atoms with Gasteiger partial charge in [0.25, 0.3) is 0 Å². The van der Waals surface area contributed by atoms with Gasteiger partial charge in [-0.15, -0.1) is 0 Å². The lowest BCUT2D eigenvalue weighted by molar-refractivity contribution is 0.310. The molecule has 24 heavy (non-hydrogen) atoms. The normalized spacial score (nSPS) is 11.0. The summed E-state index contributed by atoms with van der Waals surface area (Å²) in [4.78, 5) is 8.92. The highest BCUT2D eigenvalue weighted by molar-refractivity contribution is 5.85. The van der Waals surface area contributed by atoms with Crippen molar-refractivity contribution in [2.45, 2.75) is 13.5 Å². The van der Waals surface area contributed by atoms with Crippen LogP contribution in [0.25, 0.3) is 22.6 Å². The van der Waals surface area contributed by atoms with Crippen molar-refractivity contribution in [3.63, 3.8) is 0 Å². The Morgan fingerprint density at radius 2 is 2.00 bits per heavy atom. The molecule has 0 spiro atoms. The fraction of sp³-hybridized carbons (Fsp3) is 0.125. The number of ether oxygens (including phenoxy) is 1. The number of aryl methyl sites for hydroxylation is 1. The maximum atomic E-state index is 5.87. The summed E-state index contributed by atoms with van der Waals surface area (Å²) in [6, 6.07) is 11.3. The number of aromatic nitrogens is 5. The lowest BCUT2D eigenvalue weighted by Gasteiger charge is -2.05. The zero-order valence-corrected chi connectivity index (χ0v) is 12.9. The molecule has 4 aromatic rings. The maximum Gasteiger partial charge on any atom is 0.247 e. The van der Waals surface area contributed by atoms with E-state index in [1.54, 1.807) is 6.20 Å². The van der Waals surface area contributed by atoms with Crippen molar-refractivity contribution < 1.29 is 9.37 Å². The molecular weight excluding hydrogens is 308 g/mol. The Balaban J connectivity index is 1.89. The summed E-state index contributed by atoms with van der Waals surface area (Å²) >= 11 is 0. The van der Waals surface area contributed by atoms with Crippen LogP contribution in [0.3, 0.4) is 0 Å². The fourth-order valence-corrected chi connectivity index (χ4v) is 2.55. The van der Waals surface area contributed by atoms with E-state index in [1.807, 2.05) is 47.9 Å². The third-order valence-electron chi connectivity index (χ3n) is 3.63. The maximum absolute atomic E-state index is 5.87. The quantitative estimate of drug-likeness (QED) is 0.616. The van der Waals surface area contributed by atoms with E-state index in [9.17, 15) is 0 Å². The molecule has 0 aliphatic rings. The first-order valence-corrected chi connectivity index (χ1v) is 7.44. The predicted octanol–water partition coefficient (Wildman–Crippen LogP) is 2.88. The average Bonchev–Trinajstić information content (AvgIpc) is 3.19. The van der Waals surface area contributed by atoms with E-state index >= 15 is 0 Å². The SMILES string of the molecule is CCn1c(-c2nonc2N)nc2c(Oc3ccccc3)nccc21. The second-order valence-electron chi connectivity index (χ2n) is 5.08. The lowest BCUT2D eigenvalue weighted by atomic mass is 10.3. The number of hydrogen-bond acceptors (Lipinski definition) is 7. The van der Waals surface area contributed by atoms with Crippen molar-refractivity contribution in [1.29, 1.82) is 0 Å². The molecule has 120 valence electrons. The number of nitrogen functional groups attached to an aromatic ring is 1. The summed E-state index contributed by atoms with van der Waals surface area (Å²) in [5, 5.41) is 7.47. The molecule has 0 saturated carbocycles. The Labute approximate surface area is 136 Å². The molecule has 0 unspecified atom stereocenters. The molecule has 0 aliphatic heterocycles. The number of imidazole rings is 1. The lowest BCUT2D eigenvalue weighted by Crippen LogP contribution is -1.99. The summed E-state index contributed by atoms with van der Waals surface area (Å²) in [6.07, 6.45) is 1.68. The predicted molar refractivity (Wildman–Crippen MR) is 87.4 cm³/mol. The number of fused-ring (bicyclic) bond motifs is 1. The molecule has 0 amide bonds. The van der Waals surface area contributed by atoms with Crippen molar-refractivity contribution >= 4 is 16.9 Å². The molecule has 0 radical (unpaired) electrons. The third-order valence-corrected chi connectivity index (χ3v) is 3.63. The van der Waals surface area contributed by atoms with Crippen LogP contribution in [0.15, 0.2) is 47.2 Å². The van der Waals surface area contributed by atoms with Crippen LogP contribution >= 0.6 is 0 Å². The second-order valence-corrected chi connectivity index (χ2v) is 5.08. The number of nitrogens with two attached hydrogens (primary N) is 1. The van der Waals surface area contributed by atoms with Gasteiger partial charge in [-0.05, 0) is 35.4 Å². The summed E-state index contributed by atoms with van der Waals surface area (Å²) in [6.45, 7) is 2.68. The Morgan fingerprint density at radius 1 is 1.17 bits per heavy atom. The average molecular weight is 322 g/mol. The van der Waals surface area contributed by atoms with Crippen LogP contribution in [0.1, 0.15) is 6.92 Å². The molecule has 1 aromatic carbocycles. The van der Waals surface area contributed by atoms with E-state index < -0.39 is 0 Å². The Hall–Kier alpha value is -3.42. The summed E-state index contributed by atoms with van der Waals surface area (Å²) in [5.41, 5.74) is 7.71. The van der Waals surface area contributed by atoms with Gasteiger partial charge in [0.15, 0.2) is 22.9 Å². The molecule has 0 fully saturated rings. The first kappa shape index (κ1) is 14.2. The monoisotopic (exact) mass is 322 g/mol. The minimum absolute atomic E-state index is 0.193. The number of nitrogens with zero attached hydrogens (tertiary/aromatic N) is 5. The highest BCUT2D eigenvalue weighted by Crippen LogP contribution is 2.32. The molecule has 3 aromatic heterocycles. The highest BCUT2D eigenvalue weighted by Gasteiger charge is 2.21. The Bertz CT molecular complexity index is 992. The van der Waals surface area contributed by atoms with Gasteiger partial charge < -0.3 is 15.0 Å². The topological polar surface area (TPSA) is 105 Å². The molecule has 0 aliphatic carbocycles. The smallest absolute Gasteiger partial charge is 0.247 e. The number of rotatable bonds is 4. The highest BCUT2D eigenvalue weighted by atomic mass is 16.6. The van der Waals surface area contributed by atoms with E-state index in [2.05, 4.69) is 20.3 Å². The van der Waals surface area contributed by atoms with Gasteiger partial charge in [-0.2, -0.15) is 0 Å². The molecule has 0 atom stereocenters. The third kappa shape index (κ3) is 2.24. The Morgan fingerprint density at radius 3 is 2.71 bits per heavy atom. The fourth-order valence-electron chi connectivity index (χ4n) is 2.55. The number of hydrogen-bond donors (Lipinski definition) is 1. The number of benzene rings is 1. The molecule has 2 N–H and O–H groups in total. The standard InChI is InChI=1S/C16H14N6O2/c1-2-22-11-8-9-18-16(23-10-6-4-3-5-7-10)12(11)19-15(22)13-14(17)21-24-20-13/h3-9H,2H2,1H3,(H2,17,21). The van der Waals surface area contributed by atoms with Crippen molar-refractivity contribution in [1.82, 2.24) is 24.8 Å². The minimum atomic E-state index is 0.193. The van der Waals surface area contributed by atoms with Gasteiger partial charge in [0.05, 0.1) is 5.52 Å². The van der Waals surface area contributed by atoms with Gasteiger partial charge in [0, 0.05) is 12.7 Å². The first-order valence-electron chi connectivity index (χ1n) is 7.44. The van der Waals surface area contributed by atoms with Crippen molar-refractivity contribution in [3.05, 3.63) is 42.6 Å².